The topological polar surface area (TPSA) is 34.1 Å². The Labute approximate surface area is 115 Å². The molecule has 0 saturated heterocycles. The van der Waals surface area contributed by atoms with Gasteiger partial charge in [0.15, 0.2) is 0 Å². The van der Waals surface area contributed by atoms with Crippen molar-refractivity contribution in [1.82, 2.24) is 4.98 Å². The number of pyridine rings is 1. The van der Waals surface area contributed by atoms with Crippen LogP contribution in [0.25, 0.3) is 0 Å². The first-order valence-corrected chi connectivity index (χ1v) is 6.48. The first-order chi connectivity index (χ1) is 8.69. The van der Waals surface area contributed by atoms with Gasteiger partial charge in [-0.15, -0.1) is 0 Å². The predicted molar refractivity (Wildman–Crippen MR) is 77.0 cm³/mol. The van der Waals surface area contributed by atoms with Crippen LogP contribution in [0.4, 0.5) is 5.69 Å². The van der Waals surface area contributed by atoms with E-state index in [1.807, 2.05) is 43.3 Å². The minimum atomic E-state index is 0.709. The number of halogens is 1. The summed E-state index contributed by atoms with van der Waals surface area (Å²) < 4.78 is 6.13. The summed E-state index contributed by atoms with van der Waals surface area (Å²) in [4.78, 5) is 4.45. The summed E-state index contributed by atoms with van der Waals surface area (Å²) in [6.07, 6.45) is 0. The largest absolute Gasteiger partial charge is 0.496 e. The van der Waals surface area contributed by atoms with E-state index in [2.05, 4.69) is 26.2 Å². The number of nitrogens with one attached hydrogen (secondary N) is 1. The highest BCUT2D eigenvalue weighted by atomic mass is 79.9. The van der Waals surface area contributed by atoms with Crippen LogP contribution < -0.4 is 10.1 Å². The van der Waals surface area contributed by atoms with Gasteiger partial charge in [0.2, 0.25) is 0 Å². The van der Waals surface area contributed by atoms with Gasteiger partial charge in [0.1, 0.15) is 5.75 Å². The highest BCUT2D eigenvalue weighted by Crippen LogP contribution is 2.27. The van der Waals surface area contributed by atoms with Crippen molar-refractivity contribution in [3.05, 3.63) is 52.3 Å². The minimum Gasteiger partial charge on any atom is -0.496 e. The van der Waals surface area contributed by atoms with Gasteiger partial charge in [-0.1, -0.05) is 6.07 Å². The number of aryl methyl sites for hydroxylation is 1. The molecular formula is C14H15BrN2O. The third-order valence-corrected chi connectivity index (χ3v) is 3.19. The summed E-state index contributed by atoms with van der Waals surface area (Å²) in [5.74, 6) is 0.828. The molecule has 0 unspecified atom stereocenters. The summed E-state index contributed by atoms with van der Waals surface area (Å²) in [5, 5.41) is 3.33. The van der Waals surface area contributed by atoms with Crippen LogP contribution in [-0.2, 0) is 6.54 Å². The highest BCUT2D eigenvalue weighted by molar-refractivity contribution is 9.10. The summed E-state index contributed by atoms with van der Waals surface area (Å²) in [6, 6.07) is 11.9. The van der Waals surface area contributed by atoms with Gasteiger partial charge in [-0.2, -0.15) is 0 Å². The van der Waals surface area contributed by atoms with Crippen molar-refractivity contribution in [2.24, 2.45) is 0 Å². The standard InChI is InChI=1S/C14H15BrN2O/c1-10-4-3-5-12(17-10)9-16-11-6-7-14(18-2)13(15)8-11/h3-8,16H,9H2,1-2H3. The minimum absolute atomic E-state index is 0.709. The van der Waals surface area contributed by atoms with E-state index in [9.17, 15) is 0 Å². The molecule has 2 aromatic rings. The molecule has 0 aliphatic rings. The van der Waals surface area contributed by atoms with Crippen LogP contribution in [-0.4, -0.2) is 12.1 Å². The molecule has 94 valence electrons. The Balaban J connectivity index is 2.04. The Morgan fingerprint density at radius 3 is 2.78 bits per heavy atom. The number of aromatic nitrogens is 1. The summed E-state index contributed by atoms with van der Waals surface area (Å²) in [7, 11) is 1.66. The second-order valence-electron chi connectivity index (χ2n) is 3.97. The fourth-order valence-corrected chi connectivity index (χ4v) is 2.21. The molecule has 0 radical (unpaired) electrons. The SMILES string of the molecule is COc1ccc(NCc2cccc(C)n2)cc1Br. The molecule has 18 heavy (non-hydrogen) atoms. The van der Waals surface area contributed by atoms with Crippen molar-refractivity contribution in [3.63, 3.8) is 0 Å². The zero-order chi connectivity index (χ0) is 13.0. The molecule has 0 bridgehead atoms. The fourth-order valence-electron chi connectivity index (χ4n) is 1.67. The van der Waals surface area contributed by atoms with E-state index < -0.39 is 0 Å². The normalized spacial score (nSPS) is 10.2. The van der Waals surface area contributed by atoms with E-state index >= 15 is 0 Å². The number of methoxy groups -OCH3 is 1. The molecule has 0 aliphatic heterocycles. The van der Waals surface area contributed by atoms with E-state index in [0.717, 1.165) is 27.3 Å². The number of ether oxygens (including phenoxy) is 1. The second-order valence-corrected chi connectivity index (χ2v) is 4.83. The molecule has 1 aromatic carbocycles. The fraction of sp³-hybridized carbons (Fsp3) is 0.214. The molecular weight excluding hydrogens is 292 g/mol. The molecule has 0 spiro atoms. The van der Waals surface area contributed by atoms with Crippen LogP contribution in [0.1, 0.15) is 11.4 Å². The maximum atomic E-state index is 5.19. The third-order valence-electron chi connectivity index (χ3n) is 2.57. The van der Waals surface area contributed by atoms with Gasteiger partial charge in [0.25, 0.3) is 0 Å². The molecule has 0 saturated carbocycles. The monoisotopic (exact) mass is 306 g/mol. The smallest absolute Gasteiger partial charge is 0.133 e. The quantitative estimate of drug-likeness (QED) is 0.933. The van der Waals surface area contributed by atoms with E-state index in [1.165, 1.54) is 0 Å². The first-order valence-electron chi connectivity index (χ1n) is 5.69. The van der Waals surface area contributed by atoms with Crippen molar-refractivity contribution < 1.29 is 4.74 Å². The lowest BCUT2D eigenvalue weighted by molar-refractivity contribution is 0.412. The molecule has 0 aliphatic carbocycles. The third kappa shape index (κ3) is 3.23. The molecule has 3 nitrogen and oxygen atoms in total. The van der Waals surface area contributed by atoms with E-state index in [4.69, 9.17) is 4.74 Å². The summed E-state index contributed by atoms with van der Waals surface area (Å²) in [5.41, 5.74) is 3.10. The van der Waals surface area contributed by atoms with Crippen molar-refractivity contribution in [1.29, 1.82) is 0 Å². The Bertz CT molecular complexity index is 543. The average molecular weight is 307 g/mol. The Kier molecular flexibility index (Phi) is 4.20. The molecule has 1 aromatic heterocycles. The molecule has 0 fully saturated rings. The van der Waals surface area contributed by atoms with E-state index in [-0.39, 0.29) is 0 Å². The van der Waals surface area contributed by atoms with Crippen molar-refractivity contribution in [2.75, 3.05) is 12.4 Å². The molecule has 0 amide bonds. The van der Waals surface area contributed by atoms with Crippen molar-refractivity contribution in [2.45, 2.75) is 13.5 Å². The first kappa shape index (κ1) is 12.9. The van der Waals surface area contributed by atoms with Crippen molar-refractivity contribution >= 4 is 21.6 Å². The number of benzene rings is 1. The van der Waals surface area contributed by atoms with Gasteiger partial charge in [-0.05, 0) is 53.2 Å². The molecule has 2 rings (SSSR count). The van der Waals surface area contributed by atoms with Crippen LogP contribution in [0.5, 0.6) is 5.75 Å². The van der Waals surface area contributed by atoms with Gasteiger partial charge < -0.3 is 10.1 Å². The van der Waals surface area contributed by atoms with Crippen LogP contribution >= 0.6 is 15.9 Å². The van der Waals surface area contributed by atoms with Gasteiger partial charge in [0, 0.05) is 11.4 Å². The van der Waals surface area contributed by atoms with E-state index in [1.54, 1.807) is 7.11 Å². The summed E-state index contributed by atoms with van der Waals surface area (Å²) in [6.45, 7) is 2.70. The van der Waals surface area contributed by atoms with Crippen LogP contribution in [0.3, 0.4) is 0 Å². The number of hydrogen-bond donors (Lipinski definition) is 1. The van der Waals surface area contributed by atoms with Crippen LogP contribution in [0, 0.1) is 6.92 Å². The maximum Gasteiger partial charge on any atom is 0.133 e. The Morgan fingerprint density at radius 2 is 2.11 bits per heavy atom. The molecule has 0 atom stereocenters. The number of nitrogens with zero attached hydrogens (tertiary/aromatic N) is 1. The highest BCUT2D eigenvalue weighted by Gasteiger charge is 2.01. The lowest BCUT2D eigenvalue weighted by Gasteiger charge is -2.09. The second kappa shape index (κ2) is 5.87. The molecule has 1 heterocycles. The van der Waals surface area contributed by atoms with Crippen LogP contribution in [0.15, 0.2) is 40.9 Å². The van der Waals surface area contributed by atoms with Gasteiger partial charge in [0.05, 0.1) is 23.8 Å². The zero-order valence-electron chi connectivity index (χ0n) is 10.4. The van der Waals surface area contributed by atoms with Crippen LogP contribution in [0.2, 0.25) is 0 Å². The van der Waals surface area contributed by atoms with Gasteiger partial charge in [-0.25, -0.2) is 0 Å². The number of rotatable bonds is 4. The Morgan fingerprint density at radius 1 is 1.28 bits per heavy atom. The number of hydrogen-bond acceptors (Lipinski definition) is 3. The average Bonchev–Trinajstić information content (AvgIpc) is 2.37. The van der Waals surface area contributed by atoms with Gasteiger partial charge >= 0.3 is 0 Å². The lowest BCUT2D eigenvalue weighted by Crippen LogP contribution is -2.02. The maximum absolute atomic E-state index is 5.19. The predicted octanol–water partition coefficient (Wildman–Crippen LogP) is 3.77. The zero-order valence-corrected chi connectivity index (χ0v) is 12.0. The van der Waals surface area contributed by atoms with Gasteiger partial charge in [-0.3, -0.25) is 4.98 Å². The lowest BCUT2D eigenvalue weighted by atomic mass is 10.2. The van der Waals surface area contributed by atoms with E-state index in [0.29, 0.717) is 6.54 Å². The molecule has 4 heteroatoms. The number of anilines is 1. The van der Waals surface area contributed by atoms with Crippen molar-refractivity contribution in [3.8, 4) is 5.75 Å². The Hall–Kier alpha value is -1.55. The molecule has 1 N–H and O–H groups in total. The summed E-state index contributed by atoms with van der Waals surface area (Å²) >= 11 is 3.46.